The molecule has 3 aromatic rings. The molecule has 3 aromatic carbocycles. The van der Waals surface area contributed by atoms with Crippen LogP contribution in [-0.4, -0.2) is 42.6 Å². The van der Waals surface area contributed by atoms with Gasteiger partial charge in [-0.25, -0.2) is 22.3 Å². The topological polar surface area (TPSA) is 131 Å². The van der Waals surface area contributed by atoms with Gasteiger partial charge in [-0.15, -0.1) is 0 Å². The normalized spacial score (nSPS) is 17.9. The van der Waals surface area contributed by atoms with Crippen molar-refractivity contribution in [2.45, 2.75) is 75.6 Å². The largest absolute Gasteiger partial charge is 0.322 e. The Balaban J connectivity index is 1.50. The highest BCUT2D eigenvalue weighted by Crippen LogP contribution is 2.43. The molecule has 0 spiro atoms. The highest BCUT2D eigenvalue weighted by Gasteiger charge is 2.44. The SMILES string of the molecule is CC(C)(C)S(=O)(=O)NC(CCC1CC1)(c1cccc(C#N)c1)c1ccc(F)c(NC(=O)[C@@H]2CCCN2C(=O)Nc2ccc(Cl)cc2)c1. The molecule has 2 fully saturated rings. The molecule has 1 unspecified atom stereocenters. The van der Waals surface area contributed by atoms with Crippen LogP contribution in [0.1, 0.15) is 76.0 Å². The molecule has 3 amide bonds. The zero-order valence-electron chi connectivity index (χ0n) is 26.6. The number of rotatable bonds is 10. The molecule has 3 N–H and O–H groups in total. The van der Waals surface area contributed by atoms with Gasteiger partial charge in [0.05, 0.1) is 27.6 Å². The minimum absolute atomic E-state index is 0.139. The molecule has 0 bridgehead atoms. The number of nitriles is 1. The van der Waals surface area contributed by atoms with Crippen LogP contribution < -0.4 is 15.4 Å². The van der Waals surface area contributed by atoms with E-state index in [0.717, 1.165) is 12.8 Å². The second kappa shape index (κ2) is 13.6. The Morgan fingerprint density at radius 2 is 1.70 bits per heavy atom. The molecule has 2 atom stereocenters. The minimum Gasteiger partial charge on any atom is -0.322 e. The molecular weight excluding hydrogens is 641 g/mol. The molecule has 1 saturated carbocycles. The third kappa shape index (κ3) is 7.78. The third-order valence-corrected chi connectivity index (χ3v) is 11.3. The summed E-state index contributed by atoms with van der Waals surface area (Å²) in [7, 11) is -3.98. The monoisotopic (exact) mass is 679 g/mol. The number of carbonyl (C=O) groups is 2. The smallest absolute Gasteiger partial charge is 0.322 e. The van der Waals surface area contributed by atoms with Crippen molar-refractivity contribution in [1.29, 1.82) is 5.26 Å². The average Bonchev–Trinajstić information content (AvgIpc) is 3.73. The maximum absolute atomic E-state index is 15.5. The zero-order valence-corrected chi connectivity index (χ0v) is 28.2. The van der Waals surface area contributed by atoms with Gasteiger partial charge in [0.15, 0.2) is 0 Å². The average molecular weight is 680 g/mol. The quantitative estimate of drug-likeness (QED) is 0.210. The number of anilines is 2. The van der Waals surface area contributed by atoms with Crippen LogP contribution in [0.25, 0.3) is 0 Å². The first kappa shape index (κ1) is 34.4. The Kier molecular flexibility index (Phi) is 9.96. The van der Waals surface area contributed by atoms with Gasteiger partial charge in [0.25, 0.3) is 0 Å². The summed E-state index contributed by atoms with van der Waals surface area (Å²) >= 11 is 5.95. The summed E-state index contributed by atoms with van der Waals surface area (Å²) < 4.78 is 44.9. The fourth-order valence-electron chi connectivity index (χ4n) is 5.80. The predicted octanol–water partition coefficient (Wildman–Crippen LogP) is 7.14. The van der Waals surface area contributed by atoms with Crippen molar-refractivity contribution in [3.8, 4) is 6.07 Å². The van der Waals surface area contributed by atoms with E-state index >= 15 is 4.39 Å². The second-order valence-corrected chi connectivity index (χ2v) is 16.1. The van der Waals surface area contributed by atoms with Crippen molar-refractivity contribution in [1.82, 2.24) is 9.62 Å². The Labute approximate surface area is 280 Å². The van der Waals surface area contributed by atoms with E-state index in [4.69, 9.17) is 11.6 Å². The molecule has 0 radical (unpaired) electrons. The van der Waals surface area contributed by atoms with Gasteiger partial charge in [-0.05, 0) is 112 Å². The number of benzene rings is 3. The number of nitrogens with one attached hydrogen (secondary N) is 3. The van der Waals surface area contributed by atoms with Crippen molar-refractivity contribution < 1.29 is 22.4 Å². The van der Waals surface area contributed by atoms with E-state index in [1.807, 2.05) is 0 Å². The van der Waals surface area contributed by atoms with Gasteiger partial charge in [-0.1, -0.05) is 42.6 Å². The Bertz CT molecular complexity index is 1800. The zero-order chi connectivity index (χ0) is 34.0. The van der Waals surface area contributed by atoms with E-state index in [1.165, 1.54) is 23.1 Å². The molecule has 248 valence electrons. The minimum atomic E-state index is -3.98. The predicted molar refractivity (Wildman–Crippen MR) is 181 cm³/mol. The summed E-state index contributed by atoms with van der Waals surface area (Å²) in [4.78, 5) is 28.1. The number of hydrogen-bond donors (Lipinski definition) is 3. The lowest BCUT2D eigenvalue weighted by Gasteiger charge is -2.38. The number of nitrogens with zero attached hydrogens (tertiary/aromatic N) is 2. The standard InChI is InChI=1S/C35H39ClFN5O4S/c1-34(2,3)47(45,46)41-35(18-17-23-9-10-23,25-7-4-6-24(20-25)22-38)26-11-16-29(37)30(21-26)40-32(43)31-8-5-19-42(31)33(44)39-28-14-12-27(36)13-15-28/h4,6-7,11-16,20-21,23,31,41H,5,8-10,17-19H2,1-3H3,(H,39,44)(H,40,43)/t31-,35?/m0/s1. The van der Waals surface area contributed by atoms with Gasteiger partial charge in [0.2, 0.25) is 15.9 Å². The van der Waals surface area contributed by atoms with E-state index in [2.05, 4.69) is 21.4 Å². The Morgan fingerprint density at radius 3 is 2.36 bits per heavy atom. The van der Waals surface area contributed by atoms with Gasteiger partial charge < -0.3 is 15.5 Å². The highest BCUT2D eigenvalue weighted by atomic mass is 35.5. The fraction of sp³-hybridized carbons (Fsp3) is 0.400. The van der Waals surface area contributed by atoms with E-state index in [0.29, 0.717) is 65.5 Å². The molecule has 12 heteroatoms. The van der Waals surface area contributed by atoms with Crippen LogP contribution in [-0.2, 0) is 20.4 Å². The molecule has 9 nitrogen and oxygen atoms in total. The van der Waals surface area contributed by atoms with Gasteiger partial charge in [0.1, 0.15) is 11.9 Å². The van der Waals surface area contributed by atoms with Crippen molar-refractivity contribution in [2.75, 3.05) is 17.2 Å². The van der Waals surface area contributed by atoms with Crippen molar-refractivity contribution in [3.05, 3.63) is 94.3 Å². The molecule has 2 aliphatic rings. The maximum Gasteiger partial charge on any atom is 0.322 e. The lowest BCUT2D eigenvalue weighted by Crippen LogP contribution is -2.52. The van der Waals surface area contributed by atoms with E-state index in [-0.39, 0.29) is 5.69 Å². The Hall–Kier alpha value is -3.98. The van der Waals surface area contributed by atoms with Crippen LogP contribution in [0.4, 0.5) is 20.6 Å². The van der Waals surface area contributed by atoms with Gasteiger partial charge in [0, 0.05) is 17.3 Å². The summed E-state index contributed by atoms with van der Waals surface area (Å²) in [6, 6.07) is 18.3. The van der Waals surface area contributed by atoms with Crippen LogP contribution in [0.3, 0.4) is 0 Å². The van der Waals surface area contributed by atoms with Crippen molar-refractivity contribution in [2.24, 2.45) is 5.92 Å². The number of urea groups is 1. The van der Waals surface area contributed by atoms with Crippen molar-refractivity contribution in [3.63, 3.8) is 0 Å². The number of carbonyl (C=O) groups excluding carboxylic acids is 2. The Morgan fingerprint density at radius 1 is 1.00 bits per heavy atom. The van der Waals surface area contributed by atoms with Crippen LogP contribution in [0.5, 0.6) is 0 Å². The fourth-order valence-corrected chi connectivity index (χ4v) is 7.03. The van der Waals surface area contributed by atoms with Gasteiger partial charge in [-0.3, -0.25) is 4.79 Å². The molecule has 1 saturated heterocycles. The first-order chi connectivity index (χ1) is 22.2. The molecule has 1 aliphatic carbocycles. The van der Waals surface area contributed by atoms with E-state index in [1.54, 1.807) is 69.3 Å². The molecule has 5 rings (SSSR count). The maximum atomic E-state index is 15.5. The number of sulfonamides is 1. The van der Waals surface area contributed by atoms with Crippen LogP contribution in [0, 0.1) is 23.1 Å². The summed E-state index contributed by atoms with van der Waals surface area (Å²) in [6.07, 6.45) is 4.09. The molecular formula is C35H39ClFN5O4S. The first-order valence-electron chi connectivity index (χ1n) is 15.7. The third-order valence-electron chi connectivity index (χ3n) is 8.85. The summed E-state index contributed by atoms with van der Waals surface area (Å²) in [5.74, 6) is -0.840. The summed E-state index contributed by atoms with van der Waals surface area (Å²) in [6.45, 7) is 5.13. The number of halogens is 2. The lowest BCUT2D eigenvalue weighted by molar-refractivity contribution is -0.119. The summed E-state index contributed by atoms with van der Waals surface area (Å²) in [5, 5.41) is 15.7. The molecule has 47 heavy (non-hydrogen) atoms. The molecule has 0 aromatic heterocycles. The van der Waals surface area contributed by atoms with Crippen LogP contribution in [0.15, 0.2) is 66.7 Å². The number of amides is 3. The number of likely N-dealkylation sites (tertiary alicyclic amines) is 1. The van der Waals surface area contributed by atoms with E-state index in [9.17, 15) is 23.3 Å². The van der Waals surface area contributed by atoms with Crippen LogP contribution >= 0.6 is 11.6 Å². The highest BCUT2D eigenvalue weighted by molar-refractivity contribution is 7.90. The molecule has 1 aliphatic heterocycles. The summed E-state index contributed by atoms with van der Waals surface area (Å²) in [5.41, 5.74) is 0.315. The van der Waals surface area contributed by atoms with Crippen molar-refractivity contribution >= 4 is 44.9 Å². The number of hydrogen-bond acceptors (Lipinski definition) is 5. The lowest BCUT2D eigenvalue weighted by atomic mass is 9.79. The first-order valence-corrected chi connectivity index (χ1v) is 17.6. The van der Waals surface area contributed by atoms with E-state index < -0.39 is 44.1 Å². The van der Waals surface area contributed by atoms with Gasteiger partial charge >= 0.3 is 6.03 Å². The van der Waals surface area contributed by atoms with Crippen LogP contribution in [0.2, 0.25) is 5.02 Å². The van der Waals surface area contributed by atoms with Gasteiger partial charge in [-0.2, -0.15) is 5.26 Å². The second-order valence-electron chi connectivity index (χ2n) is 13.3. The molecule has 1 heterocycles.